The lowest BCUT2D eigenvalue weighted by Gasteiger charge is -2.21. The average molecular weight is 253 g/mol. The van der Waals surface area contributed by atoms with Crippen LogP contribution in [0.3, 0.4) is 0 Å². The Morgan fingerprint density at radius 3 is 2.25 bits per heavy atom. The zero-order valence-corrected chi connectivity index (χ0v) is 10.8. The van der Waals surface area contributed by atoms with Crippen LogP contribution in [-0.4, -0.2) is 36.7 Å². The molecule has 1 amide bonds. The standard InChI is InChI=1S/C9H19NO5S/c1-6(11)5-7(16(13)14)10-8(12)15-9(2,3)4/h6-7,11,16H,5H2,1-4H3,(H,10,12). The summed E-state index contributed by atoms with van der Waals surface area (Å²) in [6.45, 7) is 6.47. The first kappa shape index (κ1) is 15.2. The quantitative estimate of drug-likeness (QED) is 0.623. The highest BCUT2D eigenvalue weighted by Gasteiger charge is 2.21. The zero-order valence-electron chi connectivity index (χ0n) is 9.89. The van der Waals surface area contributed by atoms with Gasteiger partial charge in [0.1, 0.15) is 11.0 Å². The summed E-state index contributed by atoms with van der Waals surface area (Å²) in [6.07, 6.45) is -1.68. The number of alkyl carbamates (subject to hydrolysis) is 1. The number of aliphatic hydroxyl groups is 1. The SMILES string of the molecule is CC(O)CC(NC(=O)OC(C)(C)C)[SH](=O)=O. The van der Waals surface area contributed by atoms with Crippen molar-refractivity contribution in [1.29, 1.82) is 0 Å². The van der Waals surface area contributed by atoms with E-state index in [-0.39, 0.29) is 6.42 Å². The van der Waals surface area contributed by atoms with Gasteiger partial charge in [0.25, 0.3) is 0 Å². The van der Waals surface area contributed by atoms with Crippen molar-refractivity contribution in [3.63, 3.8) is 0 Å². The van der Waals surface area contributed by atoms with Gasteiger partial charge in [-0.2, -0.15) is 0 Å². The number of hydrogen-bond acceptors (Lipinski definition) is 5. The maximum Gasteiger partial charge on any atom is 0.408 e. The highest BCUT2D eigenvalue weighted by molar-refractivity contribution is 7.73. The van der Waals surface area contributed by atoms with Gasteiger partial charge in [-0.1, -0.05) is 0 Å². The summed E-state index contributed by atoms with van der Waals surface area (Å²) in [7, 11) is -2.84. The second-order valence-corrected chi connectivity index (χ2v) is 5.73. The molecule has 0 rings (SSSR count). The van der Waals surface area contributed by atoms with Crippen LogP contribution in [-0.2, 0) is 15.4 Å². The Hall–Kier alpha value is -0.820. The molecular weight excluding hydrogens is 234 g/mol. The van der Waals surface area contributed by atoms with Crippen LogP contribution in [0.5, 0.6) is 0 Å². The van der Waals surface area contributed by atoms with Crippen molar-refractivity contribution in [3.05, 3.63) is 0 Å². The fourth-order valence-electron chi connectivity index (χ4n) is 0.964. The molecule has 0 radical (unpaired) electrons. The van der Waals surface area contributed by atoms with E-state index < -0.39 is 33.9 Å². The molecule has 7 heteroatoms. The van der Waals surface area contributed by atoms with Crippen molar-refractivity contribution in [1.82, 2.24) is 5.32 Å². The molecular formula is C9H19NO5S. The van der Waals surface area contributed by atoms with Crippen LogP contribution in [0.25, 0.3) is 0 Å². The van der Waals surface area contributed by atoms with Crippen LogP contribution in [0.2, 0.25) is 0 Å². The Labute approximate surface area is 96.9 Å². The number of thiol groups is 1. The van der Waals surface area contributed by atoms with E-state index in [1.54, 1.807) is 20.8 Å². The molecule has 0 saturated heterocycles. The van der Waals surface area contributed by atoms with Crippen LogP contribution in [0.15, 0.2) is 0 Å². The minimum atomic E-state index is -2.84. The molecule has 96 valence electrons. The number of carbonyl (C=O) groups excluding carboxylic acids is 1. The summed E-state index contributed by atoms with van der Waals surface area (Å²) in [5, 5.41) is 10.1. The largest absolute Gasteiger partial charge is 0.444 e. The van der Waals surface area contributed by atoms with Crippen molar-refractivity contribution in [2.24, 2.45) is 0 Å². The maximum absolute atomic E-state index is 11.3. The fraction of sp³-hybridized carbons (Fsp3) is 0.889. The second kappa shape index (κ2) is 6.05. The highest BCUT2D eigenvalue weighted by atomic mass is 32.2. The van der Waals surface area contributed by atoms with E-state index in [0.717, 1.165) is 0 Å². The van der Waals surface area contributed by atoms with E-state index in [1.807, 2.05) is 0 Å². The minimum Gasteiger partial charge on any atom is -0.444 e. The lowest BCUT2D eigenvalue weighted by Crippen LogP contribution is -2.41. The maximum atomic E-state index is 11.3. The number of aliphatic hydroxyl groups excluding tert-OH is 1. The van der Waals surface area contributed by atoms with E-state index in [4.69, 9.17) is 9.84 Å². The Balaban J connectivity index is 4.36. The van der Waals surface area contributed by atoms with Crippen LogP contribution in [0.1, 0.15) is 34.1 Å². The Morgan fingerprint density at radius 1 is 1.44 bits per heavy atom. The van der Waals surface area contributed by atoms with Crippen LogP contribution in [0.4, 0.5) is 4.79 Å². The second-order valence-electron chi connectivity index (χ2n) is 4.53. The molecule has 0 aromatic rings. The molecule has 0 fully saturated rings. The van der Waals surface area contributed by atoms with Gasteiger partial charge in [0.15, 0.2) is 10.7 Å². The van der Waals surface area contributed by atoms with Gasteiger partial charge in [-0.15, -0.1) is 0 Å². The Kier molecular flexibility index (Phi) is 5.74. The number of ether oxygens (including phenoxy) is 1. The molecule has 0 bridgehead atoms. The molecule has 0 aliphatic heterocycles. The average Bonchev–Trinajstić information content (AvgIpc) is 1.97. The Morgan fingerprint density at radius 2 is 1.94 bits per heavy atom. The van der Waals surface area contributed by atoms with Gasteiger partial charge in [0.2, 0.25) is 0 Å². The summed E-state index contributed by atoms with van der Waals surface area (Å²) in [5.74, 6) is 0. The molecule has 2 atom stereocenters. The van der Waals surface area contributed by atoms with E-state index in [1.165, 1.54) is 6.92 Å². The summed E-state index contributed by atoms with van der Waals surface area (Å²) in [6, 6.07) is 0. The summed E-state index contributed by atoms with van der Waals surface area (Å²) in [4.78, 5) is 11.3. The van der Waals surface area contributed by atoms with Gasteiger partial charge in [0, 0.05) is 6.42 Å². The number of rotatable bonds is 4. The van der Waals surface area contributed by atoms with Crippen molar-refractivity contribution in [2.75, 3.05) is 0 Å². The molecule has 0 aromatic carbocycles. The molecule has 0 heterocycles. The number of carbonyl (C=O) groups is 1. The molecule has 0 spiro atoms. The number of hydrogen-bond donors (Lipinski definition) is 3. The molecule has 2 N–H and O–H groups in total. The summed E-state index contributed by atoms with van der Waals surface area (Å²) in [5.41, 5.74) is -0.687. The first-order valence-corrected chi connectivity index (χ1v) is 6.17. The molecule has 0 aromatic heterocycles. The van der Waals surface area contributed by atoms with Crippen molar-refractivity contribution < 1.29 is 23.1 Å². The number of amides is 1. The first-order valence-electron chi connectivity index (χ1n) is 4.93. The molecule has 0 aliphatic carbocycles. The number of nitrogens with one attached hydrogen (secondary N) is 1. The van der Waals surface area contributed by atoms with E-state index >= 15 is 0 Å². The van der Waals surface area contributed by atoms with Gasteiger partial charge < -0.3 is 15.2 Å². The predicted octanol–water partition coefficient (Wildman–Crippen LogP) is 0.220. The van der Waals surface area contributed by atoms with Gasteiger partial charge in [-0.05, 0) is 27.7 Å². The normalized spacial score (nSPS) is 15.6. The van der Waals surface area contributed by atoms with Gasteiger partial charge in [0.05, 0.1) is 6.10 Å². The van der Waals surface area contributed by atoms with Gasteiger partial charge >= 0.3 is 6.09 Å². The minimum absolute atomic E-state index is 0.0576. The smallest absolute Gasteiger partial charge is 0.408 e. The highest BCUT2D eigenvalue weighted by Crippen LogP contribution is 2.07. The predicted molar refractivity (Wildman–Crippen MR) is 59.8 cm³/mol. The lowest BCUT2D eigenvalue weighted by molar-refractivity contribution is 0.0510. The third-order valence-corrected chi connectivity index (χ3v) is 2.35. The third kappa shape index (κ3) is 7.47. The van der Waals surface area contributed by atoms with Crippen molar-refractivity contribution >= 4 is 16.8 Å². The van der Waals surface area contributed by atoms with E-state index in [9.17, 15) is 13.2 Å². The molecule has 6 nitrogen and oxygen atoms in total. The summed E-state index contributed by atoms with van der Waals surface area (Å²) < 4.78 is 26.5. The molecule has 0 saturated carbocycles. The van der Waals surface area contributed by atoms with Crippen LogP contribution >= 0.6 is 0 Å². The molecule has 16 heavy (non-hydrogen) atoms. The van der Waals surface area contributed by atoms with Crippen molar-refractivity contribution in [2.45, 2.75) is 51.2 Å². The van der Waals surface area contributed by atoms with Crippen LogP contribution in [0, 0.1) is 0 Å². The zero-order chi connectivity index (χ0) is 12.9. The van der Waals surface area contributed by atoms with Crippen LogP contribution < -0.4 is 5.32 Å². The summed E-state index contributed by atoms with van der Waals surface area (Å²) >= 11 is 0. The Bertz CT molecular complexity index is 298. The lowest BCUT2D eigenvalue weighted by atomic mass is 10.2. The van der Waals surface area contributed by atoms with E-state index in [2.05, 4.69) is 5.32 Å². The van der Waals surface area contributed by atoms with Crippen molar-refractivity contribution in [3.8, 4) is 0 Å². The topological polar surface area (TPSA) is 92.7 Å². The van der Waals surface area contributed by atoms with E-state index in [0.29, 0.717) is 0 Å². The first-order chi connectivity index (χ1) is 7.11. The fourth-order valence-corrected chi connectivity index (χ4v) is 1.65. The van der Waals surface area contributed by atoms with Gasteiger partial charge in [-0.25, -0.2) is 13.2 Å². The molecule has 2 unspecified atom stereocenters. The van der Waals surface area contributed by atoms with Gasteiger partial charge in [-0.3, -0.25) is 0 Å². The molecule has 0 aliphatic rings. The third-order valence-electron chi connectivity index (χ3n) is 1.50. The monoisotopic (exact) mass is 253 g/mol.